The lowest BCUT2D eigenvalue weighted by Crippen LogP contribution is -2.11. The van der Waals surface area contributed by atoms with E-state index in [1.807, 2.05) is 36.5 Å². The molecule has 8 heteroatoms. The summed E-state index contributed by atoms with van der Waals surface area (Å²) in [5.74, 6) is 1.14. The van der Waals surface area contributed by atoms with Gasteiger partial charge in [-0.3, -0.25) is 9.36 Å². The zero-order valence-electron chi connectivity index (χ0n) is 14.6. The highest BCUT2D eigenvalue weighted by molar-refractivity contribution is 6.31. The van der Waals surface area contributed by atoms with E-state index < -0.39 is 0 Å². The van der Waals surface area contributed by atoms with Crippen LogP contribution in [0.25, 0.3) is 5.82 Å². The number of anilines is 3. The van der Waals surface area contributed by atoms with Crippen molar-refractivity contribution in [1.29, 1.82) is 0 Å². The minimum absolute atomic E-state index is 0.219. The molecule has 0 unspecified atom stereocenters. The third-order valence-electron chi connectivity index (χ3n) is 3.92. The normalized spacial score (nSPS) is 10.5. The Hall–Kier alpha value is -3.71. The Morgan fingerprint density at radius 1 is 1.00 bits per heavy atom. The molecule has 0 saturated carbocycles. The first-order valence-electron chi connectivity index (χ1n) is 8.42. The highest BCUT2D eigenvalue weighted by Crippen LogP contribution is 2.19. The molecule has 2 heterocycles. The van der Waals surface area contributed by atoms with E-state index in [4.69, 9.17) is 11.6 Å². The zero-order valence-corrected chi connectivity index (χ0v) is 15.3. The van der Waals surface area contributed by atoms with E-state index in [1.54, 1.807) is 41.4 Å². The second-order valence-electron chi connectivity index (χ2n) is 5.90. The molecule has 28 heavy (non-hydrogen) atoms. The molecule has 0 aliphatic carbocycles. The van der Waals surface area contributed by atoms with Crippen LogP contribution in [0.1, 0.15) is 10.4 Å². The van der Waals surface area contributed by atoms with Crippen LogP contribution in [0.5, 0.6) is 0 Å². The number of carbonyl (C=O) groups excluding carboxylic acids is 1. The Labute approximate surface area is 166 Å². The topological polar surface area (TPSA) is 84.7 Å². The van der Waals surface area contributed by atoms with Crippen LogP contribution in [-0.4, -0.2) is 25.4 Å². The Bertz CT molecular complexity index is 1100. The van der Waals surface area contributed by atoms with Crippen molar-refractivity contribution in [3.8, 4) is 5.82 Å². The van der Waals surface area contributed by atoms with Gasteiger partial charge in [-0.2, -0.15) is 0 Å². The number of nitrogens with one attached hydrogen (secondary N) is 2. The first-order valence-corrected chi connectivity index (χ1v) is 8.79. The second-order valence-corrected chi connectivity index (χ2v) is 6.33. The van der Waals surface area contributed by atoms with Crippen molar-refractivity contribution in [2.45, 2.75) is 0 Å². The number of amides is 1. The van der Waals surface area contributed by atoms with Gasteiger partial charge in [0.15, 0.2) is 0 Å². The SMILES string of the molecule is O=C(Nc1ccc(Nc2cc(-n3ccnc3)ncn2)cc1)c1cccc(Cl)c1. The van der Waals surface area contributed by atoms with Crippen LogP contribution in [0.3, 0.4) is 0 Å². The molecule has 0 fully saturated rings. The van der Waals surface area contributed by atoms with E-state index in [-0.39, 0.29) is 5.91 Å². The monoisotopic (exact) mass is 390 g/mol. The van der Waals surface area contributed by atoms with E-state index in [9.17, 15) is 4.79 Å². The summed E-state index contributed by atoms with van der Waals surface area (Å²) in [6.07, 6.45) is 6.65. The van der Waals surface area contributed by atoms with Gasteiger partial charge in [0.2, 0.25) is 0 Å². The fourth-order valence-corrected chi connectivity index (χ4v) is 2.76. The molecule has 0 radical (unpaired) electrons. The van der Waals surface area contributed by atoms with Crippen LogP contribution in [0.2, 0.25) is 5.02 Å². The summed E-state index contributed by atoms with van der Waals surface area (Å²) < 4.78 is 1.79. The summed E-state index contributed by atoms with van der Waals surface area (Å²) in [4.78, 5) is 24.7. The van der Waals surface area contributed by atoms with Gasteiger partial charge in [-0.1, -0.05) is 17.7 Å². The molecule has 0 bridgehead atoms. The number of rotatable bonds is 5. The van der Waals surface area contributed by atoms with E-state index in [0.717, 1.165) is 5.69 Å². The molecule has 0 aliphatic heterocycles. The van der Waals surface area contributed by atoms with Gasteiger partial charge in [-0.15, -0.1) is 0 Å². The molecule has 2 N–H and O–H groups in total. The minimum Gasteiger partial charge on any atom is -0.340 e. The van der Waals surface area contributed by atoms with Crippen LogP contribution >= 0.6 is 11.6 Å². The van der Waals surface area contributed by atoms with E-state index in [0.29, 0.717) is 27.9 Å². The Morgan fingerprint density at radius 2 is 1.82 bits per heavy atom. The summed E-state index contributed by atoms with van der Waals surface area (Å²) >= 11 is 5.93. The molecule has 0 atom stereocenters. The molecule has 0 saturated heterocycles. The van der Waals surface area contributed by atoms with Crippen molar-refractivity contribution in [3.05, 3.63) is 90.2 Å². The summed E-state index contributed by atoms with van der Waals surface area (Å²) in [5.41, 5.74) is 2.01. The summed E-state index contributed by atoms with van der Waals surface area (Å²) in [7, 11) is 0. The van der Waals surface area contributed by atoms with Crippen molar-refractivity contribution in [1.82, 2.24) is 19.5 Å². The predicted octanol–water partition coefficient (Wildman–Crippen LogP) is 4.31. The molecule has 1 amide bonds. The van der Waals surface area contributed by atoms with Crippen molar-refractivity contribution < 1.29 is 4.79 Å². The van der Waals surface area contributed by atoms with Gasteiger partial charge in [0.1, 0.15) is 24.3 Å². The summed E-state index contributed by atoms with van der Waals surface area (Å²) in [5, 5.41) is 6.57. The average Bonchev–Trinajstić information content (AvgIpc) is 3.25. The quantitative estimate of drug-likeness (QED) is 0.530. The van der Waals surface area contributed by atoms with Crippen LogP contribution in [-0.2, 0) is 0 Å². The van der Waals surface area contributed by atoms with Gasteiger partial charge < -0.3 is 10.6 Å². The Kier molecular flexibility index (Phi) is 4.99. The third kappa shape index (κ3) is 4.16. The largest absolute Gasteiger partial charge is 0.340 e. The molecular weight excluding hydrogens is 376 g/mol. The van der Waals surface area contributed by atoms with E-state index >= 15 is 0 Å². The fraction of sp³-hybridized carbons (Fsp3) is 0. The first kappa shape index (κ1) is 17.7. The number of carbonyl (C=O) groups is 1. The lowest BCUT2D eigenvalue weighted by molar-refractivity contribution is 0.102. The summed E-state index contributed by atoms with van der Waals surface area (Å²) in [6.45, 7) is 0. The van der Waals surface area contributed by atoms with E-state index in [2.05, 4.69) is 25.6 Å². The standard InChI is InChI=1S/C20H15ClN6O/c21-15-3-1-2-14(10-15)20(28)26-17-6-4-16(5-7-17)25-18-11-19(24-12-23-18)27-9-8-22-13-27/h1-13H,(H,26,28)(H,23,24,25). The average molecular weight is 391 g/mol. The van der Waals surface area contributed by atoms with Gasteiger partial charge in [0.05, 0.1) is 0 Å². The summed E-state index contributed by atoms with van der Waals surface area (Å²) in [6, 6.07) is 15.9. The zero-order chi connectivity index (χ0) is 19.3. The van der Waals surface area contributed by atoms with Gasteiger partial charge in [-0.25, -0.2) is 15.0 Å². The number of hydrogen-bond acceptors (Lipinski definition) is 5. The molecule has 2 aromatic heterocycles. The number of hydrogen-bond donors (Lipinski definition) is 2. The maximum absolute atomic E-state index is 12.3. The van der Waals surface area contributed by atoms with E-state index in [1.165, 1.54) is 6.33 Å². The lowest BCUT2D eigenvalue weighted by Gasteiger charge is -2.09. The van der Waals surface area contributed by atoms with Gasteiger partial charge >= 0.3 is 0 Å². The van der Waals surface area contributed by atoms with Crippen molar-refractivity contribution >= 4 is 34.7 Å². The molecule has 4 aromatic rings. The van der Waals surface area contributed by atoms with Crippen LogP contribution in [0.4, 0.5) is 17.2 Å². The van der Waals surface area contributed by atoms with Gasteiger partial charge in [0.25, 0.3) is 5.91 Å². The van der Waals surface area contributed by atoms with Gasteiger partial charge in [0, 0.05) is 40.4 Å². The predicted molar refractivity (Wildman–Crippen MR) is 108 cm³/mol. The molecule has 4 rings (SSSR count). The van der Waals surface area contributed by atoms with Crippen molar-refractivity contribution in [3.63, 3.8) is 0 Å². The number of aromatic nitrogens is 4. The third-order valence-corrected chi connectivity index (χ3v) is 4.16. The van der Waals surface area contributed by atoms with Crippen molar-refractivity contribution in [2.75, 3.05) is 10.6 Å². The first-order chi connectivity index (χ1) is 13.7. The van der Waals surface area contributed by atoms with Gasteiger partial charge in [-0.05, 0) is 42.5 Å². The molecular formula is C20H15ClN6O. The van der Waals surface area contributed by atoms with Crippen molar-refractivity contribution in [2.24, 2.45) is 0 Å². The number of nitrogens with zero attached hydrogens (tertiary/aromatic N) is 4. The maximum Gasteiger partial charge on any atom is 0.255 e. The molecule has 138 valence electrons. The van der Waals surface area contributed by atoms with Crippen LogP contribution in [0, 0.1) is 0 Å². The van der Waals surface area contributed by atoms with Crippen LogP contribution < -0.4 is 10.6 Å². The Morgan fingerprint density at radius 3 is 2.57 bits per heavy atom. The number of halogens is 1. The smallest absolute Gasteiger partial charge is 0.255 e. The molecule has 7 nitrogen and oxygen atoms in total. The highest BCUT2D eigenvalue weighted by atomic mass is 35.5. The number of benzene rings is 2. The Balaban J connectivity index is 1.44. The highest BCUT2D eigenvalue weighted by Gasteiger charge is 2.07. The van der Waals surface area contributed by atoms with Crippen LogP contribution in [0.15, 0.2) is 79.6 Å². The molecule has 2 aromatic carbocycles. The molecule has 0 spiro atoms. The maximum atomic E-state index is 12.3. The molecule has 0 aliphatic rings. The minimum atomic E-state index is -0.219. The number of imidazole rings is 1. The fourth-order valence-electron chi connectivity index (χ4n) is 2.57. The lowest BCUT2D eigenvalue weighted by atomic mass is 10.2. The second kappa shape index (κ2) is 7.89.